The highest BCUT2D eigenvalue weighted by molar-refractivity contribution is 5.94. The quantitative estimate of drug-likeness (QED) is 0.759. The van der Waals surface area contributed by atoms with Gasteiger partial charge in [-0.3, -0.25) is 9.59 Å². The number of carbonyl (C=O) groups excluding carboxylic acids is 2. The normalized spacial score (nSPS) is 29.8. The number of nitrogens with zero attached hydrogens (tertiary/aromatic N) is 2. The zero-order valence-electron chi connectivity index (χ0n) is 18.2. The van der Waals surface area contributed by atoms with E-state index in [1.165, 1.54) is 12.8 Å². The molecule has 5 rings (SSSR count). The summed E-state index contributed by atoms with van der Waals surface area (Å²) < 4.78 is 6.03. The van der Waals surface area contributed by atoms with Crippen LogP contribution < -0.4 is 0 Å². The summed E-state index contributed by atoms with van der Waals surface area (Å²) in [5.41, 5.74) is 0.816. The molecule has 4 aliphatic rings. The van der Waals surface area contributed by atoms with Crippen molar-refractivity contribution >= 4 is 11.8 Å². The maximum Gasteiger partial charge on any atom is 0.254 e. The highest BCUT2D eigenvalue weighted by Gasteiger charge is 2.48. The van der Waals surface area contributed by atoms with E-state index < -0.39 is 0 Å². The molecule has 1 aromatic rings. The number of carbonyl (C=O) groups is 2. The van der Waals surface area contributed by atoms with Crippen LogP contribution in [0, 0.1) is 17.3 Å². The summed E-state index contributed by atoms with van der Waals surface area (Å²) in [7, 11) is 0. The lowest BCUT2D eigenvalue weighted by atomic mass is 9.75. The third-order valence-electron chi connectivity index (χ3n) is 7.86. The maximum atomic E-state index is 13.3. The van der Waals surface area contributed by atoms with Gasteiger partial charge in [-0.25, -0.2) is 0 Å². The smallest absolute Gasteiger partial charge is 0.254 e. The third kappa shape index (κ3) is 4.51. The Morgan fingerprint density at radius 2 is 1.77 bits per heavy atom. The molecule has 2 amide bonds. The Morgan fingerprint density at radius 3 is 2.42 bits per heavy atom. The monoisotopic (exact) mass is 426 g/mol. The number of aliphatic hydroxyl groups is 1. The molecule has 2 saturated heterocycles. The van der Waals surface area contributed by atoms with Gasteiger partial charge in [-0.2, -0.15) is 0 Å². The van der Waals surface area contributed by atoms with Gasteiger partial charge >= 0.3 is 0 Å². The maximum absolute atomic E-state index is 13.3. The molecule has 1 aromatic carbocycles. The molecule has 1 N–H and O–H groups in total. The average Bonchev–Trinajstić information content (AvgIpc) is 3.53. The lowest BCUT2D eigenvalue weighted by Crippen LogP contribution is -2.49. The van der Waals surface area contributed by atoms with Crippen molar-refractivity contribution in [3.8, 4) is 0 Å². The summed E-state index contributed by atoms with van der Waals surface area (Å²) in [5, 5.41) is 9.53. The molecule has 0 bridgehead atoms. The Labute approximate surface area is 184 Å². The van der Waals surface area contributed by atoms with Gasteiger partial charge in [0.25, 0.3) is 5.91 Å². The van der Waals surface area contributed by atoms with Crippen molar-refractivity contribution in [1.82, 2.24) is 9.80 Å². The van der Waals surface area contributed by atoms with Crippen molar-refractivity contribution in [2.45, 2.75) is 57.1 Å². The number of ether oxygens (including phenoxy) is 1. The van der Waals surface area contributed by atoms with E-state index in [0.717, 1.165) is 51.1 Å². The van der Waals surface area contributed by atoms with E-state index in [4.69, 9.17) is 4.74 Å². The van der Waals surface area contributed by atoms with Gasteiger partial charge in [0.05, 0.1) is 18.8 Å². The van der Waals surface area contributed by atoms with E-state index >= 15 is 0 Å². The molecule has 31 heavy (non-hydrogen) atoms. The van der Waals surface area contributed by atoms with Crippen molar-refractivity contribution in [2.75, 3.05) is 32.8 Å². The van der Waals surface area contributed by atoms with Crippen molar-refractivity contribution in [2.24, 2.45) is 17.3 Å². The number of piperidine rings is 1. The predicted molar refractivity (Wildman–Crippen MR) is 116 cm³/mol. The molecule has 6 heteroatoms. The van der Waals surface area contributed by atoms with Crippen molar-refractivity contribution < 1.29 is 19.4 Å². The second kappa shape index (κ2) is 8.55. The van der Waals surface area contributed by atoms with Crippen LogP contribution in [0.25, 0.3) is 0 Å². The average molecular weight is 427 g/mol. The fourth-order valence-electron chi connectivity index (χ4n) is 5.56. The van der Waals surface area contributed by atoms with Crippen LogP contribution in [0.1, 0.15) is 55.3 Å². The molecular weight excluding hydrogens is 392 g/mol. The summed E-state index contributed by atoms with van der Waals surface area (Å²) in [6, 6.07) is 9.66. The fraction of sp³-hybridized carbons (Fsp3) is 0.680. The Hall–Kier alpha value is -1.92. The van der Waals surface area contributed by atoms with E-state index in [-0.39, 0.29) is 35.3 Å². The molecule has 0 radical (unpaired) electrons. The van der Waals surface area contributed by atoms with Gasteiger partial charge in [0.15, 0.2) is 0 Å². The van der Waals surface area contributed by atoms with Crippen LogP contribution in [0.5, 0.6) is 0 Å². The Kier molecular flexibility index (Phi) is 5.78. The zero-order chi connectivity index (χ0) is 21.4. The van der Waals surface area contributed by atoms with Crippen molar-refractivity contribution in [1.29, 1.82) is 0 Å². The number of hydrogen-bond donors (Lipinski definition) is 1. The van der Waals surface area contributed by atoms with Gasteiger partial charge in [0.2, 0.25) is 5.91 Å². The van der Waals surface area contributed by atoms with Crippen molar-refractivity contribution in [3.63, 3.8) is 0 Å². The number of likely N-dealkylation sites (tertiary alicyclic amines) is 2. The van der Waals surface area contributed by atoms with Crippen LogP contribution in [-0.2, 0) is 9.53 Å². The SMILES string of the molecule is O=C(C1CC(O)C1)N1CCC2(CC1)C[C@H](COCC1CC1)N(C(=O)c1ccccc1)C2. The lowest BCUT2D eigenvalue weighted by Gasteiger charge is -2.42. The summed E-state index contributed by atoms with van der Waals surface area (Å²) >= 11 is 0. The number of rotatable bonds is 6. The highest BCUT2D eigenvalue weighted by Crippen LogP contribution is 2.45. The second-order valence-corrected chi connectivity index (χ2v) is 10.3. The van der Waals surface area contributed by atoms with Gasteiger partial charge in [-0.1, -0.05) is 18.2 Å². The minimum absolute atomic E-state index is 0.00681. The summed E-state index contributed by atoms with van der Waals surface area (Å²) in [5.74, 6) is 1.03. The highest BCUT2D eigenvalue weighted by atomic mass is 16.5. The minimum atomic E-state index is -0.297. The summed E-state index contributed by atoms with van der Waals surface area (Å²) in [6.07, 6.45) is 6.29. The number of amides is 2. The Bertz CT molecular complexity index is 795. The molecule has 2 aliphatic carbocycles. The first kappa shape index (κ1) is 21.0. The van der Waals surface area contributed by atoms with Gasteiger partial charge in [-0.15, -0.1) is 0 Å². The number of hydrogen-bond acceptors (Lipinski definition) is 4. The van der Waals surface area contributed by atoms with E-state index in [9.17, 15) is 14.7 Å². The van der Waals surface area contributed by atoms with E-state index in [1.54, 1.807) is 0 Å². The lowest BCUT2D eigenvalue weighted by molar-refractivity contribution is -0.144. The largest absolute Gasteiger partial charge is 0.393 e. The van der Waals surface area contributed by atoms with Crippen LogP contribution in [-0.4, -0.2) is 71.7 Å². The third-order valence-corrected chi connectivity index (χ3v) is 7.86. The number of aliphatic hydroxyl groups excluding tert-OH is 1. The van der Waals surface area contributed by atoms with E-state index in [1.807, 2.05) is 40.1 Å². The van der Waals surface area contributed by atoms with Crippen LogP contribution >= 0.6 is 0 Å². The van der Waals surface area contributed by atoms with Gasteiger partial charge in [0.1, 0.15) is 0 Å². The first-order chi connectivity index (χ1) is 15.0. The second-order valence-electron chi connectivity index (χ2n) is 10.3. The van der Waals surface area contributed by atoms with Crippen LogP contribution in [0.2, 0.25) is 0 Å². The summed E-state index contributed by atoms with van der Waals surface area (Å²) in [6.45, 7) is 3.69. The zero-order valence-corrected chi connectivity index (χ0v) is 18.2. The number of benzene rings is 1. The molecule has 1 spiro atoms. The topological polar surface area (TPSA) is 70.1 Å². The van der Waals surface area contributed by atoms with Gasteiger partial charge < -0.3 is 19.6 Å². The molecule has 2 heterocycles. The van der Waals surface area contributed by atoms with Crippen LogP contribution in [0.4, 0.5) is 0 Å². The molecule has 1 atom stereocenters. The molecule has 0 unspecified atom stereocenters. The Morgan fingerprint density at radius 1 is 1.06 bits per heavy atom. The van der Waals surface area contributed by atoms with Gasteiger partial charge in [0, 0.05) is 37.7 Å². The summed E-state index contributed by atoms with van der Waals surface area (Å²) in [4.78, 5) is 30.0. The fourth-order valence-corrected chi connectivity index (χ4v) is 5.56. The van der Waals surface area contributed by atoms with Crippen molar-refractivity contribution in [3.05, 3.63) is 35.9 Å². The van der Waals surface area contributed by atoms with Crippen LogP contribution in [0.15, 0.2) is 30.3 Å². The molecule has 0 aromatic heterocycles. The van der Waals surface area contributed by atoms with E-state index in [2.05, 4.69) is 0 Å². The van der Waals surface area contributed by atoms with E-state index in [0.29, 0.717) is 25.4 Å². The first-order valence-electron chi connectivity index (χ1n) is 11.9. The standard InChI is InChI=1S/C25H34N2O4/c28-22-12-20(13-22)23(29)26-10-8-25(9-11-26)14-21(16-31-15-18-6-7-18)27(17-25)24(30)19-4-2-1-3-5-19/h1-5,18,20-22,28H,6-17H2/t20?,21-,22?/m1/s1. The molecule has 2 aliphatic heterocycles. The Balaban J connectivity index is 1.24. The molecule has 2 saturated carbocycles. The molecular formula is C25H34N2O4. The molecule has 168 valence electrons. The van der Waals surface area contributed by atoms with Crippen LogP contribution in [0.3, 0.4) is 0 Å². The first-order valence-corrected chi connectivity index (χ1v) is 11.9. The minimum Gasteiger partial charge on any atom is -0.393 e. The van der Waals surface area contributed by atoms with Gasteiger partial charge in [-0.05, 0) is 68.4 Å². The predicted octanol–water partition coefficient (Wildman–Crippen LogP) is 2.71. The molecule has 4 fully saturated rings. The molecule has 6 nitrogen and oxygen atoms in total.